The Bertz CT molecular complexity index is 350. The quantitative estimate of drug-likeness (QED) is 0.829. The number of nitrogens with two attached hydrogens (primary N) is 1. The van der Waals surface area contributed by atoms with E-state index in [-0.39, 0.29) is 0 Å². The maximum Gasteiger partial charge on any atom is 0.0564 e. The van der Waals surface area contributed by atoms with Gasteiger partial charge in [0.25, 0.3) is 0 Å². The Labute approximate surface area is 97.7 Å². The van der Waals surface area contributed by atoms with Crippen molar-refractivity contribution in [2.75, 3.05) is 18.8 Å². The molecule has 2 N–H and O–H groups in total. The van der Waals surface area contributed by atoms with Crippen molar-refractivity contribution >= 4 is 5.69 Å². The molecule has 1 aromatic heterocycles. The number of hydrogen-bond acceptors (Lipinski definition) is 3. The standard InChI is InChI=1S/C13H21N3/c1-13(2)4-7-16(8-5-13)10-12-9-11(14)3-6-15-12/h3,6,9H,4-5,7-8,10H2,1-2H3,(H2,14,15). The summed E-state index contributed by atoms with van der Waals surface area (Å²) in [5.41, 5.74) is 8.15. The fraction of sp³-hybridized carbons (Fsp3) is 0.615. The van der Waals surface area contributed by atoms with Crippen molar-refractivity contribution in [2.45, 2.75) is 33.2 Å². The van der Waals surface area contributed by atoms with E-state index in [1.807, 2.05) is 12.1 Å². The van der Waals surface area contributed by atoms with Gasteiger partial charge in [0.15, 0.2) is 0 Å². The van der Waals surface area contributed by atoms with Crippen LogP contribution in [0.1, 0.15) is 32.4 Å². The van der Waals surface area contributed by atoms with Crippen LogP contribution < -0.4 is 5.73 Å². The SMILES string of the molecule is CC1(C)CCN(Cc2cc(N)ccn2)CC1. The molecule has 0 bridgehead atoms. The Hall–Kier alpha value is -1.09. The molecular weight excluding hydrogens is 198 g/mol. The number of rotatable bonds is 2. The lowest BCUT2D eigenvalue weighted by atomic mass is 9.83. The topological polar surface area (TPSA) is 42.1 Å². The molecule has 1 saturated heterocycles. The highest BCUT2D eigenvalue weighted by Crippen LogP contribution is 2.30. The highest BCUT2D eigenvalue weighted by atomic mass is 15.1. The predicted molar refractivity (Wildman–Crippen MR) is 66.9 cm³/mol. The number of anilines is 1. The van der Waals surface area contributed by atoms with E-state index in [2.05, 4.69) is 23.7 Å². The Morgan fingerprint density at radius 2 is 2.06 bits per heavy atom. The molecule has 0 spiro atoms. The van der Waals surface area contributed by atoms with E-state index in [0.29, 0.717) is 5.41 Å². The van der Waals surface area contributed by atoms with E-state index in [0.717, 1.165) is 17.9 Å². The van der Waals surface area contributed by atoms with Gasteiger partial charge in [-0.3, -0.25) is 9.88 Å². The summed E-state index contributed by atoms with van der Waals surface area (Å²) in [7, 11) is 0. The smallest absolute Gasteiger partial charge is 0.0564 e. The zero-order valence-corrected chi connectivity index (χ0v) is 10.2. The summed E-state index contributed by atoms with van der Waals surface area (Å²) in [6, 6.07) is 3.81. The molecule has 0 amide bonds. The van der Waals surface area contributed by atoms with Crippen LogP contribution in [0.3, 0.4) is 0 Å². The summed E-state index contributed by atoms with van der Waals surface area (Å²) >= 11 is 0. The first-order valence-electron chi connectivity index (χ1n) is 5.98. The Kier molecular flexibility index (Phi) is 3.15. The van der Waals surface area contributed by atoms with Gasteiger partial charge in [-0.25, -0.2) is 0 Å². The second-order valence-corrected chi connectivity index (χ2v) is 5.52. The molecule has 0 aliphatic carbocycles. The summed E-state index contributed by atoms with van der Waals surface area (Å²) in [4.78, 5) is 6.81. The number of piperidine rings is 1. The minimum atomic E-state index is 0.514. The van der Waals surface area contributed by atoms with E-state index in [4.69, 9.17) is 5.73 Å². The number of nitrogens with zero attached hydrogens (tertiary/aromatic N) is 2. The summed E-state index contributed by atoms with van der Waals surface area (Å²) < 4.78 is 0. The minimum absolute atomic E-state index is 0.514. The molecule has 1 aliphatic rings. The predicted octanol–water partition coefficient (Wildman–Crippen LogP) is 2.29. The molecule has 0 atom stereocenters. The summed E-state index contributed by atoms with van der Waals surface area (Å²) in [5.74, 6) is 0. The van der Waals surface area contributed by atoms with Crippen LogP contribution in [0.5, 0.6) is 0 Å². The Morgan fingerprint density at radius 3 is 2.69 bits per heavy atom. The van der Waals surface area contributed by atoms with E-state index >= 15 is 0 Å². The largest absolute Gasteiger partial charge is 0.399 e. The van der Waals surface area contributed by atoms with Gasteiger partial charge in [0.05, 0.1) is 5.69 Å². The van der Waals surface area contributed by atoms with Crippen molar-refractivity contribution in [1.29, 1.82) is 0 Å². The number of nitrogen functional groups attached to an aromatic ring is 1. The van der Waals surface area contributed by atoms with Crippen LogP contribution in [0.4, 0.5) is 5.69 Å². The molecule has 1 aromatic rings. The van der Waals surface area contributed by atoms with E-state index in [9.17, 15) is 0 Å². The first kappa shape index (κ1) is 11.4. The Morgan fingerprint density at radius 1 is 1.38 bits per heavy atom. The van der Waals surface area contributed by atoms with Gasteiger partial charge < -0.3 is 5.73 Å². The zero-order chi connectivity index (χ0) is 11.6. The molecule has 2 heterocycles. The monoisotopic (exact) mass is 219 g/mol. The first-order valence-corrected chi connectivity index (χ1v) is 5.98. The van der Waals surface area contributed by atoms with E-state index < -0.39 is 0 Å². The van der Waals surface area contributed by atoms with Crippen LogP contribution >= 0.6 is 0 Å². The maximum absolute atomic E-state index is 5.75. The van der Waals surface area contributed by atoms with Gasteiger partial charge in [-0.05, 0) is 43.5 Å². The van der Waals surface area contributed by atoms with Gasteiger partial charge in [-0.15, -0.1) is 0 Å². The number of hydrogen-bond donors (Lipinski definition) is 1. The van der Waals surface area contributed by atoms with Crippen LogP contribution in [-0.2, 0) is 6.54 Å². The fourth-order valence-electron chi connectivity index (χ4n) is 2.13. The van der Waals surface area contributed by atoms with Crippen molar-refractivity contribution in [3.05, 3.63) is 24.0 Å². The molecule has 88 valence electrons. The van der Waals surface area contributed by atoms with Gasteiger partial charge in [-0.2, -0.15) is 0 Å². The molecule has 3 heteroatoms. The van der Waals surface area contributed by atoms with Crippen molar-refractivity contribution in [2.24, 2.45) is 5.41 Å². The molecule has 16 heavy (non-hydrogen) atoms. The molecule has 3 nitrogen and oxygen atoms in total. The lowest BCUT2D eigenvalue weighted by Gasteiger charge is -2.36. The molecule has 0 aromatic carbocycles. The van der Waals surface area contributed by atoms with Gasteiger partial charge >= 0.3 is 0 Å². The van der Waals surface area contributed by atoms with Gasteiger partial charge in [0, 0.05) is 18.4 Å². The van der Waals surface area contributed by atoms with Gasteiger partial charge in [0.2, 0.25) is 0 Å². The molecule has 0 saturated carbocycles. The van der Waals surface area contributed by atoms with Crippen molar-refractivity contribution in [3.8, 4) is 0 Å². The normalized spacial score (nSPS) is 20.9. The number of pyridine rings is 1. The highest BCUT2D eigenvalue weighted by Gasteiger charge is 2.25. The average Bonchev–Trinajstić information content (AvgIpc) is 2.21. The van der Waals surface area contributed by atoms with Crippen molar-refractivity contribution < 1.29 is 0 Å². The third kappa shape index (κ3) is 2.95. The lowest BCUT2D eigenvalue weighted by molar-refractivity contribution is 0.126. The fourth-order valence-corrected chi connectivity index (χ4v) is 2.13. The van der Waals surface area contributed by atoms with Crippen LogP contribution in [0.25, 0.3) is 0 Å². The van der Waals surface area contributed by atoms with E-state index in [1.165, 1.54) is 25.9 Å². The highest BCUT2D eigenvalue weighted by molar-refractivity contribution is 5.37. The van der Waals surface area contributed by atoms with Crippen molar-refractivity contribution in [3.63, 3.8) is 0 Å². The second-order valence-electron chi connectivity index (χ2n) is 5.52. The molecule has 1 fully saturated rings. The van der Waals surface area contributed by atoms with Crippen LogP contribution in [0, 0.1) is 5.41 Å². The summed E-state index contributed by atoms with van der Waals surface area (Å²) in [5, 5.41) is 0. The van der Waals surface area contributed by atoms with Crippen LogP contribution in [0.2, 0.25) is 0 Å². The van der Waals surface area contributed by atoms with Crippen molar-refractivity contribution in [1.82, 2.24) is 9.88 Å². The van der Waals surface area contributed by atoms with Gasteiger partial charge in [0.1, 0.15) is 0 Å². The third-order valence-electron chi connectivity index (χ3n) is 3.44. The zero-order valence-electron chi connectivity index (χ0n) is 10.2. The number of likely N-dealkylation sites (tertiary alicyclic amines) is 1. The molecule has 0 radical (unpaired) electrons. The van der Waals surface area contributed by atoms with Crippen LogP contribution in [0.15, 0.2) is 18.3 Å². The average molecular weight is 219 g/mol. The maximum atomic E-state index is 5.75. The summed E-state index contributed by atoms with van der Waals surface area (Å²) in [6.45, 7) is 7.97. The van der Waals surface area contributed by atoms with E-state index in [1.54, 1.807) is 6.20 Å². The van der Waals surface area contributed by atoms with Crippen LogP contribution in [-0.4, -0.2) is 23.0 Å². The molecule has 2 rings (SSSR count). The first-order chi connectivity index (χ1) is 7.55. The second kappa shape index (κ2) is 4.42. The number of aromatic nitrogens is 1. The Balaban J connectivity index is 1.92. The van der Waals surface area contributed by atoms with Gasteiger partial charge in [-0.1, -0.05) is 13.8 Å². The molecular formula is C13H21N3. The molecule has 1 aliphatic heterocycles. The minimum Gasteiger partial charge on any atom is -0.399 e. The lowest BCUT2D eigenvalue weighted by Crippen LogP contribution is -2.36. The summed E-state index contributed by atoms with van der Waals surface area (Å²) in [6.07, 6.45) is 4.34. The molecule has 0 unspecified atom stereocenters. The third-order valence-corrected chi connectivity index (χ3v) is 3.44.